The number of carbonyl (C=O) groups excluding carboxylic acids is 4. The Morgan fingerprint density at radius 3 is 1.18 bits per heavy atom. The largest absolute Gasteiger partial charge is 0.477 e. The van der Waals surface area contributed by atoms with Crippen molar-refractivity contribution in [3.05, 3.63) is 0 Å². The third-order valence-corrected chi connectivity index (χ3v) is 17.7. The zero-order valence-electron chi connectivity index (χ0n) is 53.5. The number of hydrogen-bond donors (Lipinski definition) is 26. The average molecular weight is 1470 g/mol. The fourth-order valence-electron chi connectivity index (χ4n) is 12.5. The van der Waals surface area contributed by atoms with Gasteiger partial charge in [0.15, 0.2) is 37.7 Å². The molecule has 100 heavy (non-hydrogen) atoms. The van der Waals surface area contributed by atoms with Crippen LogP contribution in [-0.2, 0) is 90.3 Å². The minimum atomic E-state index is -3.24. The molecule has 0 radical (unpaired) electrons. The first-order valence-electron chi connectivity index (χ1n) is 31.5. The lowest BCUT2D eigenvalue weighted by atomic mass is 9.88. The number of aliphatic hydroxyl groups is 21. The second kappa shape index (κ2) is 36.8. The van der Waals surface area contributed by atoms with Crippen molar-refractivity contribution in [1.29, 1.82) is 0 Å². The minimum absolute atomic E-state index is 0.258. The number of nitrogens with one attached hydrogen (secondary N) is 4. The van der Waals surface area contributed by atoms with Gasteiger partial charge in [-0.2, -0.15) is 0 Å². The molecule has 0 aromatic heterocycles. The van der Waals surface area contributed by atoms with Gasteiger partial charge in [0.2, 0.25) is 24.1 Å². The molecule has 45 heteroatoms. The number of hydrogen-bond acceptors (Lipinski definition) is 40. The van der Waals surface area contributed by atoms with E-state index in [9.17, 15) is 136 Å². The molecule has 7 saturated heterocycles. The highest BCUT2D eigenvalue weighted by Gasteiger charge is 2.62. The normalized spacial score (nSPS) is 45.0. The molecule has 0 aromatic carbocycles. The predicted octanol–water partition coefficient (Wildman–Crippen LogP) is -17.5. The summed E-state index contributed by atoms with van der Waals surface area (Å²) in [6.07, 6.45) is -67.2. The molecular formula is C55H92N4O41. The van der Waals surface area contributed by atoms with Crippen LogP contribution in [0.25, 0.3) is 0 Å². The first-order chi connectivity index (χ1) is 47.3. The first kappa shape index (κ1) is 83.2. The topological polar surface area (TPSA) is 708 Å². The van der Waals surface area contributed by atoms with Crippen LogP contribution in [0.15, 0.2) is 0 Å². The number of carbonyl (C=O) groups is 5. The van der Waals surface area contributed by atoms with E-state index in [1.807, 2.05) is 0 Å². The molecule has 0 spiro atoms. The summed E-state index contributed by atoms with van der Waals surface area (Å²) in [7, 11) is 0. The monoisotopic (exact) mass is 1460 g/mol. The van der Waals surface area contributed by atoms with Crippen LogP contribution in [0.1, 0.15) is 27.2 Å². The van der Waals surface area contributed by atoms with E-state index < -0.39 is 316 Å². The van der Waals surface area contributed by atoms with Crippen molar-refractivity contribution in [2.45, 2.75) is 254 Å². The summed E-state index contributed by atoms with van der Waals surface area (Å²) in [5.41, 5.74) is 0. The van der Waals surface area contributed by atoms with Gasteiger partial charge in [-0.05, 0) is 0 Å². The van der Waals surface area contributed by atoms with Crippen LogP contribution < -0.4 is 21.3 Å². The van der Waals surface area contributed by atoms with Crippen molar-refractivity contribution < 1.29 is 203 Å². The van der Waals surface area contributed by atoms with Crippen LogP contribution in [-0.4, -0.2) is 428 Å². The summed E-state index contributed by atoms with van der Waals surface area (Å²) in [6, 6.07) is -6.55. The van der Waals surface area contributed by atoms with E-state index in [1.54, 1.807) is 0 Å². The van der Waals surface area contributed by atoms with Gasteiger partial charge in [0, 0.05) is 27.2 Å². The van der Waals surface area contributed by atoms with Gasteiger partial charge in [-0.3, -0.25) is 19.2 Å². The third-order valence-electron chi connectivity index (χ3n) is 17.7. The van der Waals surface area contributed by atoms with E-state index in [0.717, 1.165) is 20.8 Å². The van der Waals surface area contributed by atoms with Crippen LogP contribution in [0, 0.1) is 0 Å². The Labute approximate surface area is 565 Å². The van der Waals surface area contributed by atoms with Gasteiger partial charge in [-0.25, -0.2) is 4.79 Å². The lowest BCUT2D eigenvalue weighted by Crippen LogP contribution is -2.71. The van der Waals surface area contributed by atoms with Crippen LogP contribution in [0.5, 0.6) is 0 Å². The number of carboxylic acids is 1. The molecule has 7 rings (SSSR count). The fourth-order valence-corrected chi connectivity index (χ4v) is 12.5. The van der Waals surface area contributed by atoms with E-state index in [4.69, 9.17) is 66.3 Å². The summed E-state index contributed by atoms with van der Waals surface area (Å²) < 4.78 is 80.8. The SMILES string of the molecule is CC(=O)N[C@H]1[C@H](O[C@H]2[C@@H](O)[C@@H](CO)O[C@@H](O[C@H]3[C@H](O)[C@@H](O)[C@H](OC[C@@H](CO)NC=O)O[C@@H]3CO)[C@@H]2O)O[C@H](CO)[C@@H](O[C@@H]2O[C@H](CO)[C@H](O)[C@H](O[C@H]3O[C@H](CO)[C@@H](O[C@@H]4O[C@H](CO)[C@H](O)[C@H](O[C@]5(C(=O)O)C[C@H](O)[C@@H](NC(C)=O)[C@H]([C@H](O)[C@H](O)CO)O5)[C@H]4O)[C@H](O)[C@H]3NC(C)=O)[C@H]2O)[C@@H]1O. The Bertz CT molecular complexity index is 2600. The smallest absolute Gasteiger partial charge is 0.364 e. The Kier molecular flexibility index (Phi) is 30.6. The number of aliphatic hydroxyl groups excluding tert-OH is 21. The van der Waals surface area contributed by atoms with Gasteiger partial charge < -0.3 is 200 Å². The summed E-state index contributed by atoms with van der Waals surface area (Å²) >= 11 is 0. The van der Waals surface area contributed by atoms with Gasteiger partial charge in [0.1, 0.15) is 165 Å². The number of amides is 4. The van der Waals surface area contributed by atoms with Crippen molar-refractivity contribution in [3.63, 3.8) is 0 Å². The molecule has 0 saturated carbocycles. The van der Waals surface area contributed by atoms with Gasteiger partial charge in [0.25, 0.3) is 5.79 Å². The first-order valence-corrected chi connectivity index (χ1v) is 31.5. The highest BCUT2D eigenvalue weighted by Crippen LogP contribution is 2.41. The zero-order valence-corrected chi connectivity index (χ0v) is 53.5. The molecule has 7 heterocycles. The zero-order chi connectivity index (χ0) is 74.1. The molecule has 578 valence electrons. The maximum atomic E-state index is 13.1. The molecular weight excluding hydrogens is 1370 g/mol. The Balaban J connectivity index is 1.08. The summed E-state index contributed by atoms with van der Waals surface area (Å²) in [4.78, 5) is 61.8. The van der Waals surface area contributed by atoms with E-state index in [-0.39, 0.29) is 6.41 Å². The third kappa shape index (κ3) is 18.6. The molecule has 0 unspecified atom stereocenters. The van der Waals surface area contributed by atoms with E-state index in [0.29, 0.717) is 0 Å². The lowest BCUT2D eigenvalue weighted by molar-refractivity contribution is -0.391. The Morgan fingerprint density at radius 1 is 0.450 bits per heavy atom. The number of carboxylic acid groups (broad SMARTS) is 1. The van der Waals surface area contributed by atoms with Crippen LogP contribution in [0.2, 0.25) is 0 Å². The highest BCUT2D eigenvalue weighted by molar-refractivity contribution is 5.77. The van der Waals surface area contributed by atoms with Crippen molar-refractivity contribution in [2.24, 2.45) is 0 Å². The number of aliphatic carboxylic acids is 1. The quantitative estimate of drug-likeness (QED) is 0.0287. The lowest BCUT2D eigenvalue weighted by Gasteiger charge is -2.51. The molecule has 37 atom stereocenters. The Morgan fingerprint density at radius 2 is 0.810 bits per heavy atom. The molecule has 7 aliphatic rings. The molecule has 4 amide bonds. The highest BCUT2D eigenvalue weighted by atomic mass is 16.8. The van der Waals surface area contributed by atoms with Gasteiger partial charge in [-0.1, -0.05) is 0 Å². The van der Waals surface area contributed by atoms with Crippen LogP contribution in [0.4, 0.5) is 0 Å². The van der Waals surface area contributed by atoms with E-state index in [2.05, 4.69) is 21.3 Å². The standard InChI is InChI=1S/C55H92N4O41/c1-15(69)57-27-19(72)4-55(54(85)86,99-44(27)30(74)20(73)6-61)100-47-33(77)23(9-64)90-53(40(47)84)95-42-25(11-66)92-49(29(35(42)79)59-17(3)71)97-45-31(75)21(7-62)88-51(38(45)82)94-41-24(10-65)91-48(28(34(41)78)58-16(2)70)98-46-32(76)22(8-63)89-52(39(46)83)96-43-26(12-67)93-50(37(81)36(43)80)87-13-18(5-60)56-14-68/h14,18-53,60-67,72-84H,4-13H2,1-3H3,(H,56,68)(H,57,69)(H,58,70)(H,59,71)(H,85,86)/t18-,19+,20-,21-,22-,23-,24-,25-,26-,27-,28-,29-,30-,31+,32+,33+,34-,35-,36-,37-,38-,39-,40-,41-,42-,43-,44-,45+,46+,47+,48+,49-,50-,51+,52+,53+,55+/m1/s1. The molecule has 7 fully saturated rings. The maximum absolute atomic E-state index is 13.1. The molecule has 0 aromatic rings. The number of rotatable bonds is 31. The van der Waals surface area contributed by atoms with Gasteiger partial charge in [0.05, 0.1) is 77.6 Å². The summed E-state index contributed by atoms with van der Waals surface area (Å²) in [5.74, 6) is -8.09. The molecule has 26 N–H and O–H groups in total. The molecule has 45 nitrogen and oxygen atoms in total. The molecule has 0 bridgehead atoms. The van der Waals surface area contributed by atoms with Crippen molar-refractivity contribution >= 4 is 30.1 Å². The van der Waals surface area contributed by atoms with Crippen molar-refractivity contribution in [2.75, 3.05) is 59.5 Å². The summed E-state index contributed by atoms with van der Waals surface area (Å²) in [5, 5.41) is 250. The number of ether oxygens (including phenoxy) is 14. The maximum Gasteiger partial charge on any atom is 0.364 e. The van der Waals surface area contributed by atoms with Gasteiger partial charge >= 0.3 is 5.97 Å². The van der Waals surface area contributed by atoms with Crippen molar-refractivity contribution in [1.82, 2.24) is 21.3 Å². The molecule has 7 aliphatic heterocycles. The predicted molar refractivity (Wildman–Crippen MR) is 308 cm³/mol. The average Bonchev–Trinajstić information content (AvgIpc) is 0.765. The fraction of sp³-hybridized carbons (Fsp3) is 0.909. The van der Waals surface area contributed by atoms with Crippen LogP contribution in [0.3, 0.4) is 0 Å². The second-order valence-electron chi connectivity index (χ2n) is 24.7. The van der Waals surface area contributed by atoms with E-state index >= 15 is 0 Å². The molecule has 0 aliphatic carbocycles. The van der Waals surface area contributed by atoms with Crippen molar-refractivity contribution in [3.8, 4) is 0 Å². The minimum Gasteiger partial charge on any atom is -0.477 e. The van der Waals surface area contributed by atoms with Crippen LogP contribution >= 0.6 is 0 Å². The second-order valence-corrected chi connectivity index (χ2v) is 24.7. The Hall–Kier alpha value is -4.05. The van der Waals surface area contributed by atoms with E-state index in [1.165, 1.54) is 0 Å². The summed E-state index contributed by atoms with van der Waals surface area (Å²) in [6.45, 7) is -6.04. The van der Waals surface area contributed by atoms with Gasteiger partial charge in [-0.15, -0.1) is 0 Å².